The molecule has 1 heterocycles. The van der Waals surface area contributed by atoms with E-state index < -0.39 is 10.0 Å². The van der Waals surface area contributed by atoms with Crippen molar-refractivity contribution < 1.29 is 8.42 Å². The zero-order valence-corrected chi connectivity index (χ0v) is 15.7. The van der Waals surface area contributed by atoms with Gasteiger partial charge in [0.1, 0.15) is 0 Å². The molecule has 1 aromatic heterocycles. The Morgan fingerprint density at radius 3 is 2.40 bits per heavy atom. The lowest BCUT2D eigenvalue weighted by Gasteiger charge is -2.19. The van der Waals surface area contributed by atoms with Gasteiger partial charge in [-0.15, -0.1) is 0 Å². The van der Waals surface area contributed by atoms with Gasteiger partial charge in [0.25, 0.3) is 0 Å². The second-order valence-electron chi connectivity index (χ2n) is 7.32. The van der Waals surface area contributed by atoms with E-state index in [4.69, 9.17) is 0 Å². The maximum Gasteiger partial charge on any atom is 0.240 e. The van der Waals surface area contributed by atoms with E-state index in [0.29, 0.717) is 17.9 Å². The second-order valence-corrected chi connectivity index (χ2v) is 9.09. The molecule has 0 saturated heterocycles. The van der Waals surface area contributed by atoms with Crippen LogP contribution in [0.25, 0.3) is 10.9 Å². The third-order valence-electron chi connectivity index (χ3n) is 4.36. The highest BCUT2D eigenvalue weighted by molar-refractivity contribution is 7.89. The van der Waals surface area contributed by atoms with Crippen molar-refractivity contribution in [1.29, 1.82) is 0 Å². The molecule has 0 aliphatic rings. The molecule has 25 heavy (non-hydrogen) atoms. The fraction of sp³-hybridized carbons (Fsp3) is 0.300. The lowest BCUT2D eigenvalue weighted by atomic mass is 9.87. The molecule has 3 rings (SSSR count). The molecular weight excluding hydrogens is 332 g/mol. The fourth-order valence-electron chi connectivity index (χ4n) is 2.80. The third-order valence-corrected chi connectivity index (χ3v) is 5.83. The molecule has 0 spiro atoms. The Kier molecular flexibility index (Phi) is 4.71. The van der Waals surface area contributed by atoms with E-state index in [1.165, 1.54) is 0 Å². The number of aromatic amines is 1. The van der Waals surface area contributed by atoms with E-state index in [1.54, 1.807) is 12.1 Å². The van der Waals surface area contributed by atoms with Crippen LogP contribution in [0, 0.1) is 0 Å². The van der Waals surface area contributed by atoms with Crippen molar-refractivity contribution >= 4 is 20.9 Å². The Hall–Kier alpha value is -2.11. The summed E-state index contributed by atoms with van der Waals surface area (Å²) in [4.78, 5) is 3.48. The van der Waals surface area contributed by atoms with Crippen molar-refractivity contribution in [3.05, 3.63) is 65.9 Å². The van der Waals surface area contributed by atoms with Gasteiger partial charge >= 0.3 is 0 Å². The number of H-pyrrole nitrogens is 1. The fourth-order valence-corrected chi connectivity index (χ4v) is 3.83. The molecule has 0 amide bonds. The zero-order valence-electron chi connectivity index (χ0n) is 14.8. The molecular formula is C20H24N2O2S. The summed E-state index contributed by atoms with van der Waals surface area (Å²) in [5, 5.41) is 1.16. The van der Waals surface area contributed by atoms with Crippen LogP contribution in [0.1, 0.15) is 31.9 Å². The molecule has 0 atom stereocenters. The van der Waals surface area contributed by atoms with Crippen LogP contribution in [0.4, 0.5) is 0 Å². The molecule has 0 radical (unpaired) electrons. The Morgan fingerprint density at radius 2 is 1.72 bits per heavy atom. The number of rotatable bonds is 5. The Morgan fingerprint density at radius 1 is 1.00 bits per heavy atom. The Bertz CT molecular complexity index is 965. The Labute approximate surface area is 149 Å². The van der Waals surface area contributed by atoms with Gasteiger partial charge < -0.3 is 4.98 Å². The summed E-state index contributed by atoms with van der Waals surface area (Å²) in [7, 11) is -3.48. The lowest BCUT2D eigenvalue weighted by molar-refractivity contribution is 0.578. The first kappa shape index (κ1) is 17.7. The molecule has 132 valence electrons. The summed E-state index contributed by atoms with van der Waals surface area (Å²) in [5.41, 5.74) is 3.29. The number of benzene rings is 2. The lowest BCUT2D eigenvalue weighted by Crippen LogP contribution is -2.26. The maximum absolute atomic E-state index is 12.4. The summed E-state index contributed by atoms with van der Waals surface area (Å²) < 4.78 is 27.6. The van der Waals surface area contributed by atoms with Crippen molar-refractivity contribution in [2.24, 2.45) is 0 Å². The monoisotopic (exact) mass is 356 g/mol. The number of nitrogens with one attached hydrogen (secondary N) is 2. The van der Waals surface area contributed by atoms with Gasteiger partial charge in [0.05, 0.1) is 4.90 Å². The molecule has 0 bridgehead atoms. The summed E-state index contributed by atoms with van der Waals surface area (Å²) >= 11 is 0. The summed E-state index contributed by atoms with van der Waals surface area (Å²) in [6.45, 7) is 6.69. The number of aromatic nitrogens is 1. The predicted octanol–water partition coefficient (Wildman–Crippen LogP) is 3.99. The van der Waals surface area contributed by atoms with Gasteiger partial charge in [-0.1, -0.05) is 45.0 Å². The van der Waals surface area contributed by atoms with E-state index in [-0.39, 0.29) is 5.41 Å². The van der Waals surface area contributed by atoms with Crippen LogP contribution in [0.15, 0.2) is 59.6 Å². The first-order chi connectivity index (χ1) is 11.8. The topological polar surface area (TPSA) is 62.0 Å². The first-order valence-electron chi connectivity index (χ1n) is 8.42. The minimum atomic E-state index is -3.48. The normalized spacial score (nSPS) is 12.6. The molecule has 3 aromatic rings. The molecule has 2 aromatic carbocycles. The molecule has 5 heteroatoms. The van der Waals surface area contributed by atoms with Crippen molar-refractivity contribution in [2.75, 3.05) is 6.54 Å². The van der Waals surface area contributed by atoms with Crippen LogP contribution in [0.2, 0.25) is 0 Å². The highest BCUT2D eigenvalue weighted by Crippen LogP contribution is 2.23. The minimum absolute atomic E-state index is 0.00613. The summed E-state index contributed by atoms with van der Waals surface area (Å²) in [6, 6.07) is 15.3. The standard InChI is InChI=1S/C20H24N2O2S/c1-20(2,3)17-6-8-18(9-7-17)25(23,24)22-13-10-15-4-5-16-11-12-21-19(16)14-15/h4-9,11-12,14,21-22H,10,13H2,1-3H3. The predicted molar refractivity (Wildman–Crippen MR) is 102 cm³/mol. The Balaban J connectivity index is 1.65. The molecule has 0 saturated carbocycles. The minimum Gasteiger partial charge on any atom is -0.361 e. The first-order valence-corrected chi connectivity index (χ1v) is 9.90. The van der Waals surface area contributed by atoms with Crippen LogP contribution >= 0.6 is 0 Å². The van der Waals surface area contributed by atoms with Gasteiger partial charge in [0.2, 0.25) is 10.0 Å². The number of hydrogen-bond donors (Lipinski definition) is 2. The van der Waals surface area contributed by atoms with E-state index >= 15 is 0 Å². The summed E-state index contributed by atoms with van der Waals surface area (Å²) in [5.74, 6) is 0. The molecule has 0 aliphatic heterocycles. The molecule has 0 fully saturated rings. The van der Waals surface area contributed by atoms with Crippen LogP contribution in [0.3, 0.4) is 0 Å². The maximum atomic E-state index is 12.4. The highest BCUT2D eigenvalue weighted by Gasteiger charge is 2.17. The zero-order chi connectivity index (χ0) is 18.1. The third kappa shape index (κ3) is 4.11. The molecule has 4 nitrogen and oxygen atoms in total. The van der Waals surface area contributed by atoms with E-state index in [9.17, 15) is 8.42 Å². The molecule has 0 aliphatic carbocycles. The van der Waals surface area contributed by atoms with Gasteiger partial charge in [-0.2, -0.15) is 0 Å². The van der Waals surface area contributed by atoms with Gasteiger partial charge in [-0.05, 0) is 52.6 Å². The van der Waals surface area contributed by atoms with Crippen molar-refractivity contribution in [1.82, 2.24) is 9.71 Å². The van der Waals surface area contributed by atoms with E-state index in [1.807, 2.05) is 36.5 Å². The largest absolute Gasteiger partial charge is 0.361 e. The van der Waals surface area contributed by atoms with Crippen LogP contribution in [-0.4, -0.2) is 19.9 Å². The van der Waals surface area contributed by atoms with Crippen LogP contribution < -0.4 is 4.72 Å². The number of fused-ring (bicyclic) bond motifs is 1. The van der Waals surface area contributed by atoms with Crippen LogP contribution in [0.5, 0.6) is 0 Å². The van der Waals surface area contributed by atoms with E-state index in [0.717, 1.165) is 22.0 Å². The van der Waals surface area contributed by atoms with Crippen molar-refractivity contribution in [3.8, 4) is 0 Å². The van der Waals surface area contributed by atoms with Gasteiger partial charge in [0, 0.05) is 18.3 Å². The number of hydrogen-bond acceptors (Lipinski definition) is 2. The van der Waals surface area contributed by atoms with Gasteiger partial charge in [-0.25, -0.2) is 13.1 Å². The average molecular weight is 356 g/mol. The average Bonchev–Trinajstić information content (AvgIpc) is 3.02. The van der Waals surface area contributed by atoms with Gasteiger partial charge in [0.15, 0.2) is 0 Å². The number of sulfonamides is 1. The quantitative estimate of drug-likeness (QED) is 0.726. The van der Waals surface area contributed by atoms with Crippen molar-refractivity contribution in [3.63, 3.8) is 0 Å². The van der Waals surface area contributed by atoms with Crippen LogP contribution in [-0.2, 0) is 21.9 Å². The summed E-state index contributed by atoms with van der Waals surface area (Å²) in [6.07, 6.45) is 2.55. The molecule has 2 N–H and O–H groups in total. The van der Waals surface area contributed by atoms with Gasteiger partial charge in [-0.3, -0.25) is 0 Å². The highest BCUT2D eigenvalue weighted by atomic mass is 32.2. The second kappa shape index (κ2) is 6.65. The molecule has 0 unspecified atom stereocenters. The van der Waals surface area contributed by atoms with Crippen molar-refractivity contribution in [2.45, 2.75) is 37.5 Å². The smallest absolute Gasteiger partial charge is 0.240 e. The SMILES string of the molecule is CC(C)(C)c1ccc(S(=O)(=O)NCCc2ccc3cc[nH]c3c2)cc1. The van der Waals surface area contributed by atoms with E-state index in [2.05, 4.69) is 36.5 Å².